The van der Waals surface area contributed by atoms with Gasteiger partial charge in [0.25, 0.3) is 0 Å². The molecule has 0 aliphatic carbocycles. The van der Waals surface area contributed by atoms with Gasteiger partial charge in [-0.15, -0.1) is 0 Å². The highest BCUT2D eigenvalue weighted by molar-refractivity contribution is 7.99. The predicted octanol–water partition coefficient (Wildman–Crippen LogP) is 5.03. The summed E-state index contributed by atoms with van der Waals surface area (Å²) in [5.74, 6) is 0.301. The summed E-state index contributed by atoms with van der Waals surface area (Å²) >= 11 is 1.43. The summed E-state index contributed by atoms with van der Waals surface area (Å²) in [7, 11) is 0. The molecule has 1 aromatic heterocycles. The van der Waals surface area contributed by atoms with Gasteiger partial charge in [-0.2, -0.15) is 0 Å². The Hall–Kier alpha value is -2.73. The topological polar surface area (TPSA) is 61.0 Å². The number of carbonyl (C=O) groups is 1. The van der Waals surface area contributed by atoms with E-state index in [9.17, 15) is 4.79 Å². The van der Waals surface area contributed by atoms with Gasteiger partial charge in [-0.1, -0.05) is 42.1 Å². The van der Waals surface area contributed by atoms with Crippen LogP contribution < -0.4 is 10.2 Å². The quantitative estimate of drug-likeness (QED) is 0.526. The largest absolute Gasteiger partial charge is 0.372 e. The molecule has 2 N–H and O–H groups in total. The van der Waals surface area contributed by atoms with Crippen LogP contribution in [-0.4, -0.2) is 34.7 Å². The van der Waals surface area contributed by atoms with Crippen molar-refractivity contribution in [2.75, 3.05) is 29.1 Å². The van der Waals surface area contributed by atoms with E-state index in [4.69, 9.17) is 0 Å². The maximum Gasteiger partial charge on any atom is 0.234 e. The van der Waals surface area contributed by atoms with Gasteiger partial charge in [0.15, 0.2) is 5.16 Å². The van der Waals surface area contributed by atoms with Crippen LogP contribution in [0.15, 0.2) is 59.8 Å². The highest BCUT2D eigenvalue weighted by atomic mass is 32.2. The second kappa shape index (κ2) is 9.85. The monoisotopic (exact) mass is 420 g/mol. The number of hydrogen-bond donors (Lipinski definition) is 2. The van der Waals surface area contributed by atoms with E-state index in [1.165, 1.54) is 42.3 Å². The van der Waals surface area contributed by atoms with Crippen LogP contribution in [0.1, 0.15) is 36.2 Å². The summed E-state index contributed by atoms with van der Waals surface area (Å²) in [5.41, 5.74) is 5.38. The number of aromatic amines is 1. The Morgan fingerprint density at radius 2 is 1.80 bits per heavy atom. The standard InChI is InChI=1S/C24H28N4OS/c1-18-22(16-19-8-4-2-5-9-19)27-24(25-18)30-17-23(29)26-20-10-12-21(13-11-20)28-14-6-3-7-15-28/h2,4-5,8-13H,3,6-7,14-17H2,1H3,(H,25,27)(H,26,29). The van der Waals surface area contributed by atoms with Crippen molar-refractivity contribution in [3.8, 4) is 0 Å². The molecule has 2 heterocycles. The summed E-state index contributed by atoms with van der Waals surface area (Å²) < 4.78 is 0. The summed E-state index contributed by atoms with van der Waals surface area (Å²) in [5, 5.41) is 3.77. The Bertz CT molecular complexity index is 963. The summed E-state index contributed by atoms with van der Waals surface area (Å²) in [6, 6.07) is 18.5. The number of H-pyrrole nitrogens is 1. The van der Waals surface area contributed by atoms with E-state index in [2.05, 4.69) is 44.5 Å². The normalized spacial score (nSPS) is 14.0. The zero-order valence-electron chi connectivity index (χ0n) is 17.4. The number of carbonyl (C=O) groups excluding carboxylic acids is 1. The fraction of sp³-hybridized carbons (Fsp3) is 0.333. The number of aromatic nitrogens is 2. The number of aryl methyl sites for hydroxylation is 1. The summed E-state index contributed by atoms with van der Waals surface area (Å²) in [6.07, 6.45) is 4.63. The molecular weight excluding hydrogens is 392 g/mol. The minimum absolute atomic E-state index is 0.0237. The predicted molar refractivity (Wildman–Crippen MR) is 124 cm³/mol. The second-order valence-electron chi connectivity index (χ2n) is 7.71. The van der Waals surface area contributed by atoms with Crippen LogP contribution in [0.5, 0.6) is 0 Å². The first-order valence-corrected chi connectivity index (χ1v) is 11.5. The Morgan fingerprint density at radius 3 is 2.53 bits per heavy atom. The lowest BCUT2D eigenvalue weighted by molar-refractivity contribution is -0.113. The van der Waals surface area contributed by atoms with Crippen LogP contribution in [0.3, 0.4) is 0 Å². The van der Waals surface area contributed by atoms with Gasteiger partial charge in [0, 0.05) is 36.6 Å². The van der Waals surface area contributed by atoms with Crippen molar-refractivity contribution in [3.63, 3.8) is 0 Å². The van der Waals surface area contributed by atoms with Gasteiger partial charge in [-0.25, -0.2) is 4.98 Å². The molecule has 0 unspecified atom stereocenters. The molecule has 4 rings (SSSR count). The van der Waals surface area contributed by atoms with Crippen LogP contribution in [0.2, 0.25) is 0 Å². The smallest absolute Gasteiger partial charge is 0.234 e. The third kappa shape index (κ3) is 5.45. The highest BCUT2D eigenvalue weighted by Gasteiger charge is 2.12. The molecular formula is C24H28N4OS. The number of nitrogens with one attached hydrogen (secondary N) is 2. The lowest BCUT2D eigenvalue weighted by Gasteiger charge is -2.28. The number of thioether (sulfide) groups is 1. The van der Waals surface area contributed by atoms with E-state index in [0.717, 1.165) is 41.7 Å². The molecule has 0 radical (unpaired) electrons. The lowest BCUT2D eigenvalue weighted by atomic mass is 10.1. The van der Waals surface area contributed by atoms with Gasteiger partial charge >= 0.3 is 0 Å². The molecule has 1 amide bonds. The first kappa shape index (κ1) is 20.5. The number of benzene rings is 2. The maximum absolute atomic E-state index is 12.4. The number of anilines is 2. The number of nitrogens with zero attached hydrogens (tertiary/aromatic N) is 2. The second-order valence-corrected chi connectivity index (χ2v) is 8.67. The van der Waals surface area contributed by atoms with Crippen molar-refractivity contribution in [2.24, 2.45) is 0 Å². The molecule has 1 saturated heterocycles. The first-order chi connectivity index (χ1) is 14.7. The Morgan fingerprint density at radius 1 is 1.07 bits per heavy atom. The van der Waals surface area contributed by atoms with Gasteiger partial charge in [0.2, 0.25) is 5.91 Å². The van der Waals surface area contributed by atoms with E-state index < -0.39 is 0 Å². The van der Waals surface area contributed by atoms with Crippen molar-refractivity contribution in [3.05, 3.63) is 71.5 Å². The molecule has 6 heteroatoms. The van der Waals surface area contributed by atoms with Gasteiger partial charge in [0.05, 0.1) is 11.4 Å². The Balaban J connectivity index is 1.28. The SMILES string of the molecule is Cc1[nH]c(SCC(=O)Nc2ccc(N3CCCCC3)cc2)nc1Cc1ccccc1. The molecule has 1 aliphatic heterocycles. The van der Waals surface area contributed by atoms with Crippen molar-refractivity contribution < 1.29 is 4.79 Å². The van der Waals surface area contributed by atoms with Gasteiger partial charge in [0.1, 0.15) is 0 Å². The maximum atomic E-state index is 12.4. The van der Waals surface area contributed by atoms with E-state index >= 15 is 0 Å². The van der Waals surface area contributed by atoms with Crippen molar-refractivity contribution in [1.82, 2.24) is 9.97 Å². The molecule has 5 nitrogen and oxygen atoms in total. The number of rotatable bonds is 7. The van der Waals surface area contributed by atoms with Gasteiger partial charge in [-0.3, -0.25) is 4.79 Å². The Kier molecular flexibility index (Phi) is 6.74. The molecule has 0 bridgehead atoms. The van der Waals surface area contributed by atoms with Crippen LogP contribution in [0.25, 0.3) is 0 Å². The highest BCUT2D eigenvalue weighted by Crippen LogP contribution is 2.23. The van der Waals surface area contributed by atoms with Crippen molar-refractivity contribution in [2.45, 2.75) is 37.8 Å². The van der Waals surface area contributed by atoms with Crippen LogP contribution in [-0.2, 0) is 11.2 Å². The average Bonchev–Trinajstić information content (AvgIpc) is 3.13. The number of hydrogen-bond acceptors (Lipinski definition) is 4. The average molecular weight is 421 g/mol. The molecule has 3 aromatic rings. The number of amides is 1. The van der Waals surface area contributed by atoms with Crippen LogP contribution in [0.4, 0.5) is 11.4 Å². The van der Waals surface area contributed by atoms with E-state index in [1.807, 2.05) is 37.3 Å². The minimum Gasteiger partial charge on any atom is -0.372 e. The van der Waals surface area contributed by atoms with Gasteiger partial charge < -0.3 is 15.2 Å². The zero-order valence-corrected chi connectivity index (χ0v) is 18.2. The summed E-state index contributed by atoms with van der Waals surface area (Å²) in [4.78, 5) is 22.7. The van der Waals surface area contributed by atoms with E-state index in [0.29, 0.717) is 5.75 Å². The fourth-order valence-electron chi connectivity index (χ4n) is 3.74. The van der Waals surface area contributed by atoms with Crippen LogP contribution in [0, 0.1) is 6.92 Å². The van der Waals surface area contributed by atoms with E-state index in [1.54, 1.807) is 0 Å². The minimum atomic E-state index is -0.0237. The van der Waals surface area contributed by atoms with E-state index in [-0.39, 0.29) is 5.91 Å². The molecule has 0 saturated carbocycles. The van der Waals surface area contributed by atoms with Crippen LogP contribution >= 0.6 is 11.8 Å². The molecule has 1 fully saturated rings. The third-order valence-electron chi connectivity index (χ3n) is 5.39. The molecule has 0 atom stereocenters. The number of piperidine rings is 1. The Labute approximate surface area is 182 Å². The van der Waals surface area contributed by atoms with Crippen molar-refractivity contribution >= 4 is 29.0 Å². The van der Waals surface area contributed by atoms with Crippen molar-refractivity contribution in [1.29, 1.82) is 0 Å². The fourth-order valence-corrected chi connectivity index (χ4v) is 4.48. The lowest BCUT2D eigenvalue weighted by Crippen LogP contribution is -2.29. The van der Waals surface area contributed by atoms with Gasteiger partial charge in [-0.05, 0) is 56.0 Å². The first-order valence-electron chi connectivity index (χ1n) is 10.5. The summed E-state index contributed by atoms with van der Waals surface area (Å²) in [6.45, 7) is 4.27. The third-order valence-corrected chi connectivity index (χ3v) is 6.26. The molecule has 0 spiro atoms. The molecule has 2 aromatic carbocycles. The molecule has 1 aliphatic rings. The molecule has 156 valence electrons. The zero-order chi connectivity index (χ0) is 20.8. The molecule has 30 heavy (non-hydrogen) atoms. The number of imidazole rings is 1.